The molecule has 5 heteroatoms. The Morgan fingerprint density at radius 2 is 2.33 bits per heavy atom. The van der Waals surface area contributed by atoms with E-state index in [-0.39, 0.29) is 0 Å². The molecule has 0 amide bonds. The number of ether oxygens (including phenoxy) is 1. The lowest BCUT2D eigenvalue weighted by molar-refractivity contribution is 0.0594. The van der Waals surface area contributed by atoms with Crippen molar-refractivity contribution in [2.75, 3.05) is 7.11 Å². The Hall–Kier alpha value is -2.04. The van der Waals surface area contributed by atoms with Crippen LogP contribution in [0.1, 0.15) is 16.2 Å². The third-order valence-corrected chi connectivity index (χ3v) is 1.98. The van der Waals surface area contributed by atoms with Crippen molar-refractivity contribution >= 4 is 5.97 Å². The number of aryl methyl sites for hydroxylation is 1. The molecule has 0 saturated heterocycles. The molecule has 78 valence electrons. The highest BCUT2D eigenvalue weighted by molar-refractivity contribution is 5.88. The van der Waals surface area contributed by atoms with Crippen LogP contribution in [0.5, 0.6) is 0 Å². The highest BCUT2D eigenvalue weighted by Gasteiger charge is 2.12. The molecule has 0 saturated carbocycles. The molecule has 0 spiro atoms. The zero-order valence-corrected chi connectivity index (χ0v) is 8.40. The number of carbonyl (C=O) groups is 1. The van der Waals surface area contributed by atoms with Crippen LogP contribution < -0.4 is 0 Å². The zero-order valence-electron chi connectivity index (χ0n) is 8.40. The van der Waals surface area contributed by atoms with E-state index >= 15 is 0 Å². The second-order valence-corrected chi connectivity index (χ2v) is 3.07. The molecule has 15 heavy (non-hydrogen) atoms. The van der Waals surface area contributed by atoms with Gasteiger partial charge in [0.1, 0.15) is 17.1 Å². The van der Waals surface area contributed by atoms with Crippen LogP contribution in [0.4, 0.5) is 0 Å². The number of esters is 1. The number of methoxy groups -OCH3 is 1. The van der Waals surface area contributed by atoms with Crippen molar-refractivity contribution in [1.29, 1.82) is 0 Å². The molecule has 1 N–H and O–H groups in total. The minimum Gasteiger partial charge on any atom is -0.464 e. The van der Waals surface area contributed by atoms with Crippen molar-refractivity contribution in [3.63, 3.8) is 0 Å². The Balaban J connectivity index is 2.31. The van der Waals surface area contributed by atoms with E-state index in [2.05, 4.69) is 14.9 Å². The fraction of sp³-hybridized carbons (Fsp3) is 0.200. The third kappa shape index (κ3) is 1.76. The number of hydrogen-bond donors (Lipinski definition) is 1. The number of aromatic nitrogens is 2. The molecular formula is C10H10N2O3. The van der Waals surface area contributed by atoms with Crippen LogP contribution >= 0.6 is 0 Å². The Morgan fingerprint density at radius 1 is 1.53 bits per heavy atom. The quantitative estimate of drug-likeness (QED) is 0.760. The summed E-state index contributed by atoms with van der Waals surface area (Å²) in [6.45, 7) is 1.84. The minimum absolute atomic E-state index is 0.307. The fourth-order valence-corrected chi connectivity index (χ4v) is 1.23. The lowest BCUT2D eigenvalue weighted by Crippen LogP contribution is -2.00. The second-order valence-electron chi connectivity index (χ2n) is 3.07. The van der Waals surface area contributed by atoms with Crippen LogP contribution in [0.15, 0.2) is 22.6 Å². The average Bonchev–Trinajstić information content (AvgIpc) is 2.84. The summed E-state index contributed by atoms with van der Waals surface area (Å²) < 4.78 is 9.91. The fourth-order valence-electron chi connectivity index (χ4n) is 1.23. The van der Waals surface area contributed by atoms with Crippen LogP contribution in [0, 0.1) is 6.92 Å². The van der Waals surface area contributed by atoms with Gasteiger partial charge in [0.05, 0.1) is 7.11 Å². The standard InChI is InChI=1S/C10H10N2O3/c1-6-3-4-9(15-6)7-5-8(12-11-7)10(13)14-2/h3-5H,1-2H3,(H,11,12). The molecule has 0 aliphatic carbocycles. The molecule has 2 aromatic rings. The van der Waals surface area contributed by atoms with Gasteiger partial charge in [0, 0.05) is 6.07 Å². The van der Waals surface area contributed by atoms with E-state index in [1.165, 1.54) is 7.11 Å². The number of nitrogens with zero attached hydrogens (tertiary/aromatic N) is 1. The first-order valence-corrected chi connectivity index (χ1v) is 4.41. The lowest BCUT2D eigenvalue weighted by atomic mass is 10.3. The predicted octanol–water partition coefficient (Wildman–Crippen LogP) is 1.76. The van der Waals surface area contributed by atoms with E-state index in [1.807, 2.05) is 13.0 Å². The number of nitrogens with one attached hydrogen (secondary N) is 1. The minimum atomic E-state index is -0.447. The van der Waals surface area contributed by atoms with E-state index in [0.29, 0.717) is 17.1 Å². The first-order valence-electron chi connectivity index (χ1n) is 4.41. The SMILES string of the molecule is COC(=O)c1cc(-c2ccc(C)o2)n[nH]1. The maximum absolute atomic E-state index is 11.1. The number of carbonyl (C=O) groups excluding carboxylic acids is 1. The molecular weight excluding hydrogens is 196 g/mol. The van der Waals surface area contributed by atoms with E-state index in [9.17, 15) is 4.79 Å². The smallest absolute Gasteiger partial charge is 0.356 e. The lowest BCUT2D eigenvalue weighted by Gasteiger charge is -1.90. The summed E-state index contributed by atoms with van der Waals surface area (Å²) in [7, 11) is 1.32. The molecule has 2 rings (SSSR count). The molecule has 0 aliphatic heterocycles. The third-order valence-electron chi connectivity index (χ3n) is 1.98. The number of aromatic amines is 1. The monoisotopic (exact) mass is 206 g/mol. The molecule has 0 atom stereocenters. The topological polar surface area (TPSA) is 68.1 Å². The summed E-state index contributed by atoms with van der Waals surface area (Å²) >= 11 is 0. The van der Waals surface area contributed by atoms with Crippen LogP contribution in [0.2, 0.25) is 0 Å². The summed E-state index contributed by atoms with van der Waals surface area (Å²) in [5.41, 5.74) is 0.894. The molecule has 2 aromatic heterocycles. The molecule has 0 aliphatic rings. The number of H-pyrrole nitrogens is 1. The summed E-state index contributed by atoms with van der Waals surface area (Å²) in [6, 6.07) is 5.22. The maximum Gasteiger partial charge on any atom is 0.356 e. The summed E-state index contributed by atoms with van der Waals surface area (Å²) in [6.07, 6.45) is 0. The Bertz CT molecular complexity index is 484. The van der Waals surface area contributed by atoms with Gasteiger partial charge in [-0.25, -0.2) is 4.79 Å². The van der Waals surface area contributed by atoms with Gasteiger partial charge in [0.25, 0.3) is 0 Å². The van der Waals surface area contributed by atoms with Crippen molar-refractivity contribution in [2.24, 2.45) is 0 Å². The van der Waals surface area contributed by atoms with Crippen LogP contribution in [0.25, 0.3) is 11.5 Å². The van der Waals surface area contributed by atoms with Crippen LogP contribution in [0.3, 0.4) is 0 Å². The Morgan fingerprint density at radius 3 is 2.93 bits per heavy atom. The predicted molar refractivity (Wildman–Crippen MR) is 52.4 cm³/mol. The molecule has 0 bridgehead atoms. The first-order chi connectivity index (χ1) is 7.20. The molecule has 0 aromatic carbocycles. The highest BCUT2D eigenvalue weighted by Crippen LogP contribution is 2.20. The number of furan rings is 1. The van der Waals surface area contributed by atoms with Crippen molar-refractivity contribution in [3.05, 3.63) is 29.7 Å². The van der Waals surface area contributed by atoms with Gasteiger partial charge < -0.3 is 9.15 Å². The second kappa shape index (κ2) is 3.61. The summed E-state index contributed by atoms with van der Waals surface area (Å²) in [5, 5.41) is 6.53. The van der Waals surface area contributed by atoms with Gasteiger partial charge in [0.2, 0.25) is 0 Å². The number of rotatable bonds is 2. The van der Waals surface area contributed by atoms with Gasteiger partial charge in [-0.15, -0.1) is 0 Å². The molecule has 5 nitrogen and oxygen atoms in total. The largest absolute Gasteiger partial charge is 0.464 e. The van der Waals surface area contributed by atoms with E-state index in [4.69, 9.17) is 4.42 Å². The van der Waals surface area contributed by atoms with Crippen molar-refractivity contribution in [2.45, 2.75) is 6.92 Å². The molecule has 0 unspecified atom stereocenters. The normalized spacial score (nSPS) is 10.3. The molecule has 0 fully saturated rings. The van der Waals surface area contributed by atoms with Gasteiger partial charge in [-0.05, 0) is 19.1 Å². The van der Waals surface area contributed by atoms with Crippen molar-refractivity contribution in [1.82, 2.24) is 10.2 Å². The number of hydrogen-bond acceptors (Lipinski definition) is 4. The Kier molecular flexibility index (Phi) is 2.29. The zero-order chi connectivity index (χ0) is 10.8. The molecule has 2 heterocycles. The van der Waals surface area contributed by atoms with Gasteiger partial charge in [-0.1, -0.05) is 0 Å². The van der Waals surface area contributed by atoms with Crippen molar-refractivity contribution in [3.8, 4) is 11.5 Å². The summed E-state index contributed by atoms with van der Waals surface area (Å²) in [5.74, 6) is 0.976. The first kappa shape index (κ1) is 9.51. The van der Waals surface area contributed by atoms with Crippen molar-refractivity contribution < 1.29 is 13.9 Å². The van der Waals surface area contributed by atoms with Gasteiger partial charge >= 0.3 is 5.97 Å². The van der Waals surface area contributed by atoms with E-state index in [1.54, 1.807) is 12.1 Å². The van der Waals surface area contributed by atoms with Gasteiger partial charge in [-0.2, -0.15) is 5.10 Å². The average molecular weight is 206 g/mol. The van der Waals surface area contributed by atoms with Crippen LogP contribution in [-0.2, 0) is 4.74 Å². The van der Waals surface area contributed by atoms with E-state index < -0.39 is 5.97 Å². The van der Waals surface area contributed by atoms with Gasteiger partial charge in [-0.3, -0.25) is 5.10 Å². The summed E-state index contributed by atoms with van der Waals surface area (Å²) in [4.78, 5) is 11.1. The van der Waals surface area contributed by atoms with Gasteiger partial charge in [0.15, 0.2) is 5.76 Å². The van der Waals surface area contributed by atoms with E-state index in [0.717, 1.165) is 5.76 Å². The highest BCUT2D eigenvalue weighted by atomic mass is 16.5. The van der Waals surface area contributed by atoms with Crippen LogP contribution in [-0.4, -0.2) is 23.3 Å². The Labute approximate surface area is 86.0 Å². The maximum atomic E-state index is 11.1. The molecule has 0 radical (unpaired) electrons.